The topological polar surface area (TPSA) is 44.5 Å². The Morgan fingerprint density at radius 2 is 2.00 bits per heavy atom. The van der Waals surface area contributed by atoms with Gasteiger partial charge in [0.25, 0.3) is 0 Å². The molecule has 0 aliphatic rings. The zero-order valence-corrected chi connectivity index (χ0v) is 10.2. The van der Waals surface area contributed by atoms with Gasteiger partial charge in [-0.3, -0.25) is 0 Å². The molecule has 0 bridgehead atoms. The van der Waals surface area contributed by atoms with Crippen LogP contribution >= 0.6 is 0 Å². The number of hydrogen-bond acceptors (Lipinski definition) is 3. The molecule has 0 radical (unpaired) electrons. The first kappa shape index (κ1) is 13.0. The lowest BCUT2D eigenvalue weighted by atomic mass is 10.1. The van der Waals surface area contributed by atoms with Crippen molar-refractivity contribution in [2.45, 2.75) is 26.9 Å². The molecule has 0 saturated heterocycles. The van der Waals surface area contributed by atoms with Crippen LogP contribution in [-0.4, -0.2) is 19.8 Å². The van der Waals surface area contributed by atoms with Crippen LogP contribution in [0.5, 0.6) is 5.75 Å². The Bertz CT molecular complexity index is 313. The summed E-state index contributed by atoms with van der Waals surface area (Å²) in [6, 6.07) is 6.16. The summed E-state index contributed by atoms with van der Waals surface area (Å²) in [5.74, 6) is 0.938. The molecule has 0 fully saturated rings. The van der Waals surface area contributed by atoms with E-state index in [-0.39, 0.29) is 0 Å². The third-order valence-corrected chi connectivity index (χ3v) is 2.31. The third-order valence-electron chi connectivity index (χ3n) is 2.31. The smallest absolute Gasteiger partial charge is 0.122 e. The van der Waals surface area contributed by atoms with Crippen LogP contribution in [0, 0.1) is 0 Å². The fourth-order valence-corrected chi connectivity index (χ4v) is 1.59. The van der Waals surface area contributed by atoms with E-state index in [0.717, 1.165) is 18.8 Å². The van der Waals surface area contributed by atoms with E-state index in [1.165, 1.54) is 11.1 Å². The van der Waals surface area contributed by atoms with Crippen LogP contribution < -0.4 is 10.5 Å². The Hall–Kier alpha value is -1.06. The van der Waals surface area contributed by atoms with Crippen LogP contribution in [0.4, 0.5) is 0 Å². The monoisotopic (exact) mass is 223 g/mol. The Morgan fingerprint density at radius 1 is 1.19 bits per heavy atom. The van der Waals surface area contributed by atoms with Gasteiger partial charge < -0.3 is 15.2 Å². The lowest BCUT2D eigenvalue weighted by Gasteiger charge is -2.11. The van der Waals surface area contributed by atoms with Gasteiger partial charge in [-0.05, 0) is 50.1 Å². The summed E-state index contributed by atoms with van der Waals surface area (Å²) in [5, 5.41) is 0. The van der Waals surface area contributed by atoms with Crippen molar-refractivity contribution >= 4 is 0 Å². The molecule has 0 saturated carbocycles. The van der Waals surface area contributed by atoms with Crippen molar-refractivity contribution in [2.24, 2.45) is 5.73 Å². The maximum atomic E-state index is 5.59. The third kappa shape index (κ3) is 3.83. The highest BCUT2D eigenvalue weighted by molar-refractivity contribution is 5.37. The predicted molar refractivity (Wildman–Crippen MR) is 65.7 cm³/mol. The summed E-state index contributed by atoms with van der Waals surface area (Å²) < 4.78 is 10.9. The molecule has 0 atom stereocenters. The van der Waals surface area contributed by atoms with Gasteiger partial charge in [0.2, 0.25) is 0 Å². The molecule has 0 unspecified atom stereocenters. The Morgan fingerprint density at radius 3 is 2.62 bits per heavy atom. The Balaban J connectivity index is 2.79. The summed E-state index contributed by atoms with van der Waals surface area (Å²) in [4.78, 5) is 0. The van der Waals surface area contributed by atoms with E-state index >= 15 is 0 Å². The van der Waals surface area contributed by atoms with Crippen molar-refractivity contribution < 1.29 is 9.47 Å². The molecule has 0 amide bonds. The van der Waals surface area contributed by atoms with Gasteiger partial charge in [0, 0.05) is 6.61 Å². The van der Waals surface area contributed by atoms with Gasteiger partial charge in [0.1, 0.15) is 5.75 Å². The molecule has 1 aromatic rings. The van der Waals surface area contributed by atoms with Crippen LogP contribution in [0.15, 0.2) is 18.2 Å². The quantitative estimate of drug-likeness (QED) is 0.770. The summed E-state index contributed by atoms with van der Waals surface area (Å²) in [6.07, 6.45) is 0.843. The zero-order valence-electron chi connectivity index (χ0n) is 10.2. The number of benzene rings is 1. The van der Waals surface area contributed by atoms with Gasteiger partial charge in [-0.25, -0.2) is 0 Å². The Kier molecular flexibility index (Phi) is 5.90. The van der Waals surface area contributed by atoms with Crippen molar-refractivity contribution in [2.75, 3.05) is 19.8 Å². The Labute approximate surface area is 97.6 Å². The molecule has 3 heteroatoms. The van der Waals surface area contributed by atoms with E-state index in [4.69, 9.17) is 15.2 Å². The zero-order chi connectivity index (χ0) is 11.8. The number of rotatable bonds is 7. The minimum atomic E-state index is 0.637. The largest absolute Gasteiger partial charge is 0.494 e. The van der Waals surface area contributed by atoms with E-state index in [1.807, 2.05) is 26.0 Å². The second kappa shape index (κ2) is 7.25. The first-order valence-electron chi connectivity index (χ1n) is 5.84. The van der Waals surface area contributed by atoms with E-state index in [9.17, 15) is 0 Å². The molecule has 0 aliphatic heterocycles. The molecule has 90 valence electrons. The molecular weight excluding hydrogens is 202 g/mol. The van der Waals surface area contributed by atoms with Crippen molar-refractivity contribution in [1.29, 1.82) is 0 Å². The summed E-state index contributed by atoms with van der Waals surface area (Å²) >= 11 is 0. The molecule has 2 N–H and O–H groups in total. The van der Waals surface area contributed by atoms with Gasteiger partial charge in [-0.1, -0.05) is 6.07 Å². The number of ether oxygens (including phenoxy) is 2. The van der Waals surface area contributed by atoms with Gasteiger partial charge in [0.15, 0.2) is 0 Å². The van der Waals surface area contributed by atoms with Crippen molar-refractivity contribution in [3.63, 3.8) is 0 Å². The van der Waals surface area contributed by atoms with E-state index in [2.05, 4.69) is 6.07 Å². The highest BCUT2D eigenvalue weighted by atomic mass is 16.5. The van der Waals surface area contributed by atoms with Crippen LogP contribution in [0.1, 0.15) is 25.0 Å². The second-order valence-electron chi connectivity index (χ2n) is 3.55. The van der Waals surface area contributed by atoms with E-state index in [0.29, 0.717) is 19.8 Å². The van der Waals surface area contributed by atoms with E-state index < -0.39 is 0 Å². The standard InChI is InChI=1S/C13H21NO2/c1-3-15-10-11-5-6-13(16-4-2)12(9-11)7-8-14/h5-6,9H,3-4,7-8,10,14H2,1-2H3. The molecule has 0 aromatic heterocycles. The molecule has 0 heterocycles. The van der Waals surface area contributed by atoms with Crippen molar-refractivity contribution in [1.82, 2.24) is 0 Å². The van der Waals surface area contributed by atoms with E-state index in [1.54, 1.807) is 0 Å². The fraction of sp³-hybridized carbons (Fsp3) is 0.538. The minimum absolute atomic E-state index is 0.637. The summed E-state index contributed by atoms with van der Waals surface area (Å²) in [7, 11) is 0. The van der Waals surface area contributed by atoms with Crippen LogP contribution in [-0.2, 0) is 17.8 Å². The minimum Gasteiger partial charge on any atom is -0.494 e. The van der Waals surface area contributed by atoms with Crippen LogP contribution in [0.3, 0.4) is 0 Å². The highest BCUT2D eigenvalue weighted by Gasteiger charge is 2.04. The molecule has 0 aliphatic carbocycles. The first-order valence-corrected chi connectivity index (χ1v) is 5.84. The normalized spacial score (nSPS) is 10.4. The average molecular weight is 223 g/mol. The van der Waals surface area contributed by atoms with Gasteiger partial charge >= 0.3 is 0 Å². The molecule has 3 nitrogen and oxygen atoms in total. The van der Waals surface area contributed by atoms with Crippen LogP contribution in [0.2, 0.25) is 0 Å². The van der Waals surface area contributed by atoms with Crippen LogP contribution in [0.25, 0.3) is 0 Å². The average Bonchev–Trinajstić information content (AvgIpc) is 2.30. The number of hydrogen-bond donors (Lipinski definition) is 1. The van der Waals surface area contributed by atoms with Crippen molar-refractivity contribution in [3.05, 3.63) is 29.3 Å². The lowest BCUT2D eigenvalue weighted by molar-refractivity contribution is 0.134. The van der Waals surface area contributed by atoms with Gasteiger partial charge in [-0.2, -0.15) is 0 Å². The SMILES string of the molecule is CCOCc1ccc(OCC)c(CCN)c1. The molecular formula is C13H21NO2. The summed E-state index contributed by atoms with van der Waals surface area (Å²) in [6.45, 7) is 6.69. The second-order valence-corrected chi connectivity index (χ2v) is 3.55. The predicted octanol–water partition coefficient (Wildman–Crippen LogP) is 2.12. The molecule has 1 aromatic carbocycles. The summed E-state index contributed by atoms with van der Waals surface area (Å²) in [5.41, 5.74) is 7.93. The molecule has 16 heavy (non-hydrogen) atoms. The van der Waals surface area contributed by atoms with Gasteiger partial charge in [0.05, 0.1) is 13.2 Å². The maximum absolute atomic E-state index is 5.59. The highest BCUT2D eigenvalue weighted by Crippen LogP contribution is 2.21. The first-order chi connectivity index (χ1) is 7.81. The fourth-order valence-electron chi connectivity index (χ4n) is 1.59. The molecule has 0 spiro atoms. The maximum Gasteiger partial charge on any atom is 0.122 e. The lowest BCUT2D eigenvalue weighted by Crippen LogP contribution is -2.06. The number of nitrogens with two attached hydrogens (primary N) is 1. The van der Waals surface area contributed by atoms with Gasteiger partial charge in [-0.15, -0.1) is 0 Å². The molecule has 1 rings (SSSR count). The van der Waals surface area contributed by atoms with Crippen molar-refractivity contribution in [3.8, 4) is 5.75 Å².